The Hall–Kier alpha value is -0.470. The first-order chi connectivity index (χ1) is 9.70. The highest BCUT2D eigenvalue weighted by atomic mass is 32.2. The van der Waals surface area contributed by atoms with Gasteiger partial charge in [0.25, 0.3) is 0 Å². The molecule has 2 rings (SSSR count). The van der Waals surface area contributed by atoms with Crippen LogP contribution in [0.3, 0.4) is 0 Å². The van der Waals surface area contributed by atoms with Crippen LogP contribution >= 0.6 is 11.8 Å². The quantitative estimate of drug-likeness (QED) is 0.700. The minimum absolute atomic E-state index is 0.560. The van der Waals surface area contributed by atoms with Gasteiger partial charge in [-0.15, -0.1) is 11.8 Å². The summed E-state index contributed by atoms with van der Waals surface area (Å²) in [6.07, 6.45) is 8.48. The highest BCUT2D eigenvalue weighted by molar-refractivity contribution is 7.99. The predicted octanol–water partition coefficient (Wildman–Crippen LogP) is 5.12. The van der Waals surface area contributed by atoms with Crippen LogP contribution in [0.1, 0.15) is 52.4 Å². The fourth-order valence-corrected chi connectivity index (χ4v) is 4.26. The summed E-state index contributed by atoms with van der Waals surface area (Å²) in [4.78, 5) is 1.41. The lowest BCUT2D eigenvalue weighted by molar-refractivity contribution is 0.172. The number of thioether (sulfide) groups is 1. The smallest absolute Gasteiger partial charge is 0.00719 e. The second-order valence-electron chi connectivity index (χ2n) is 6.51. The van der Waals surface area contributed by atoms with Crippen molar-refractivity contribution >= 4 is 11.8 Å². The molecule has 1 aromatic carbocycles. The predicted molar refractivity (Wildman–Crippen MR) is 90.4 cm³/mol. The maximum absolute atomic E-state index is 3.70. The number of hydrogen-bond donors (Lipinski definition) is 1. The molecule has 1 aromatic rings. The molecule has 0 radical (unpaired) electrons. The fraction of sp³-hybridized carbons (Fsp3) is 0.667. The number of benzene rings is 1. The molecule has 0 bridgehead atoms. The van der Waals surface area contributed by atoms with Crippen LogP contribution in [0.5, 0.6) is 0 Å². The van der Waals surface area contributed by atoms with Gasteiger partial charge in [0.1, 0.15) is 0 Å². The SMILES string of the molecule is CC(C)NCC1(CCSc2ccccc2)CCCCC1. The molecule has 112 valence electrons. The maximum atomic E-state index is 3.70. The van der Waals surface area contributed by atoms with Gasteiger partial charge >= 0.3 is 0 Å². The Morgan fingerprint density at radius 1 is 1.10 bits per heavy atom. The molecule has 0 amide bonds. The first-order valence-corrected chi connectivity index (χ1v) is 9.10. The van der Waals surface area contributed by atoms with E-state index in [1.54, 1.807) is 0 Å². The zero-order valence-corrected chi connectivity index (χ0v) is 13.8. The lowest BCUT2D eigenvalue weighted by Crippen LogP contribution is -2.39. The van der Waals surface area contributed by atoms with Gasteiger partial charge in [0.15, 0.2) is 0 Å². The molecule has 0 aliphatic heterocycles. The van der Waals surface area contributed by atoms with E-state index in [-0.39, 0.29) is 0 Å². The summed E-state index contributed by atoms with van der Waals surface area (Å²) in [7, 11) is 0. The second kappa shape index (κ2) is 8.09. The molecule has 20 heavy (non-hydrogen) atoms. The minimum Gasteiger partial charge on any atom is -0.314 e. The van der Waals surface area contributed by atoms with Crippen LogP contribution in [-0.2, 0) is 0 Å². The van der Waals surface area contributed by atoms with Crippen LogP contribution < -0.4 is 5.32 Å². The summed E-state index contributed by atoms with van der Waals surface area (Å²) >= 11 is 2.02. The van der Waals surface area contributed by atoms with Gasteiger partial charge in [0.05, 0.1) is 0 Å². The van der Waals surface area contributed by atoms with Gasteiger partial charge in [-0.05, 0) is 42.6 Å². The van der Waals surface area contributed by atoms with Gasteiger partial charge in [-0.25, -0.2) is 0 Å². The van der Waals surface area contributed by atoms with Crippen molar-refractivity contribution in [2.24, 2.45) is 5.41 Å². The monoisotopic (exact) mass is 291 g/mol. The summed E-state index contributed by atoms with van der Waals surface area (Å²) in [5.41, 5.74) is 0.560. The van der Waals surface area contributed by atoms with Crippen molar-refractivity contribution in [1.29, 1.82) is 0 Å². The van der Waals surface area contributed by atoms with E-state index in [1.165, 1.54) is 55.7 Å². The molecule has 0 atom stereocenters. The molecule has 1 aliphatic rings. The Labute approximate surface area is 128 Å². The van der Waals surface area contributed by atoms with Crippen molar-refractivity contribution in [2.75, 3.05) is 12.3 Å². The average Bonchev–Trinajstić information content (AvgIpc) is 2.47. The molecule has 0 unspecified atom stereocenters. The lowest BCUT2D eigenvalue weighted by atomic mass is 9.72. The first-order valence-electron chi connectivity index (χ1n) is 8.11. The zero-order valence-electron chi connectivity index (χ0n) is 13.0. The van der Waals surface area contributed by atoms with E-state index in [1.807, 2.05) is 11.8 Å². The normalized spacial score (nSPS) is 18.4. The summed E-state index contributed by atoms with van der Waals surface area (Å²) in [5, 5.41) is 3.70. The molecule has 1 fully saturated rings. The minimum atomic E-state index is 0.560. The van der Waals surface area contributed by atoms with Crippen molar-refractivity contribution < 1.29 is 0 Å². The molecule has 1 saturated carbocycles. The van der Waals surface area contributed by atoms with Gasteiger partial charge in [0, 0.05) is 17.5 Å². The molecule has 0 heterocycles. The molecular weight excluding hydrogens is 262 g/mol. The molecule has 2 heteroatoms. The van der Waals surface area contributed by atoms with Gasteiger partial charge in [-0.1, -0.05) is 51.3 Å². The van der Waals surface area contributed by atoms with Crippen LogP contribution in [0.25, 0.3) is 0 Å². The maximum Gasteiger partial charge on any atom is 0.00719 e. The Morgan fingerprint density at radius 3 is 2.45 bits per heavy atom. The summed E-state index contributed by atoms with van der Waals surface area (Å²) in [6, 6.07) is 11.4. The van der Waals surface area contributed by atoms with Gasteiger partial charge in [-0.3, -0.25) is 0 Å². The van der Waals surface area contributed by atoms with E-state index >= 15 is 0 Å². The third kappa shape index (κ3) is 5.14. The van der Waals surface area contributed by atoms with Crippen molar-refractivity contribution in [3.8, 4) is 0 Å². The fourth-order valence-electron chi connectivity index (χ4n) is 3.14. The van der Waals surface area contributed by atoms with Crippen molar-refractivity contribution in [3.63, 3.8) is 0 Å². The Kier molecular flexibility index (Phi) is 6.44. The topological polar surface area (TPSA) is 12.0 Å². The molecule has 0 saturated heterocycles. The van der Waals surface area contributed by atoms with E-state index in [2.05, 4.69) is 49.5 Å². The highest BCUT2D eigenvalue weighted by Gasteiger charge is 2.31. The molecule has 0 spiro atoms. The van der Waals surface area contributed by atoms with Gasteiger partial charge in [-0.2, -0.15) is 0 Å². The zero-order chi connectivity index (χ0) is 14.3. The largest absolute Gasteiger partial charge is 0.314 e. The van der Waals surface area contributed by atoms with Crippen LogP contribution in [0.15, 0.2) is 35.2 Å². The van der Waals surface area contributed by atoms with Crippen LogP contribution in [0.2, 0.25) is 0 Å². The van der Waals surface area contributed by atoms with Gasteiger partial charge in [0.2, 0.25) is 0 Å². The van der Waals surface area contributed by atoms with Gasteiger partial charge < -0.3 is 5.32 Å². The van der Waals surface area contributed by atoms with E-state index < -0.39 is 0 Å². The van der Waals surface area contributed by atoms with Crippen molar-refractivity contribution in [1.82, 2.24) is 5.32 Å². The number of nitrogens with one attached hydrogen (secondary N) is 1. The molecule has 0 aromatic heterocycles. The van der Waals surface area contributed by atoms with Crippen LogP contribution in [0, 0.1) is 5.41 Å². The van der Waals surface area contributed by atoms with Crippen LogP contribution in [-0.4, -0.2) is 18.3 Å². The molecule has 1 N–H and O–H groups in total. The highest BCUT2D eigenvalue weighted by Crippen LogP contribution is 2.40. The number of rotatable bonds is 7. The summed E-state index contributed by atoms with van der Waals surface area (Å²) in [5.74, 6) is 1.25. The Balaban J connectivity index is 1.84. The standard InChI is InChI=1S/C18H29NS/c1-16(2)19-15-18(11-7-4-8-12-18)13-14-20-17-9-5-3-6-10-17/h3,5-6,9-10,16,19H,4,7-8,11-15H2,1-2H3. The van der Waals surface area contributed by atoms with Crippen LogP contribution in [0.4, 0.5) is 0 Å². The third-order valence-electron chi connectivity index (χ3n) is 4.44. The first kappa shape index (κ1) is 15.9. The summed E-state index contributed by atoms with van der Waals surface area (Å²) in [6.45, 7) is 5.73. The molecule has 1 aliphatic carbocycles. The van der Waals surface area contributed by atoms with E-state index in [4.69, 9.17) is 0 Å². The molecule has 1 nitrogen and oxygen atoms in total. The van der Waals surface area contributed by atoms with Crippen molar-refractivity contribution in [2.45, 2.75) is 63.3 Å². The van der Waals surface area contributed by atoms with Crippen molar-refractivity contribution in [3.05, 3.63) is 30.3 Å². The Bertz CT molecular complexity index is 368. The third-order valence-corrected chi connectivity index (χ3v) is 5.46. The summed E-state index contributed by atoms with van der Waals surface area (Å²) < 4.78 is 0. The Morgan fingerprint density at radius 2 is 1.80 bits per heavy atom. The second-order valence-corrected chi connectivity index (χ2v) is 7.68. The van der Waals surface area contributed by atoms with E-state index in [9.17, 15) is 0 Å². The van der Waals surface area contributed by atoms with E-state index in [0.717, 1.165) is 0 Å². The molecular formula is C18H29NS. The number of hydrogen-bond acceptors (Lipinski definition) is 2. The average molecular weight is 292 g/mol. The lowest BCUT2D eigenvalue weighted by Gasteiger charge is -2.38. The van der Waals surface area contributed by atoms with E-state index in [0.29, 0.717) is 11.5 Å².